The molecule has 2 amide bonds. The van der Waals surface area contributed by atoms with Crippen LogP contribution in [-0.2, 0) is 4.74 Å². The van der Waals surface area contributed by atoms with Crippen LogP contribution < -0.4 is 10.6 Å². The standard InChI is InChI=1S/C16H19N3O3S/c1-9-7-12(15(20)22-4)5-6-13(9)19-16(21)18-11(3)14-17-10(2)8-23-14/h5-8,11H,1-4H3,(H2,18,19,21). The van der Waals surface area contributed by atoms with Crippen LogP contribution in [0.3, 0.4) is 0 Å². The minimum Gasteiger partial charge on any atom is -0.465 e. The van der Waals surface area contributed by atoms with Crippen molar-refractivity contribution >= 4 is 29.0 Å². The van der Waals surface area contributed by atoms with Gasteiger partial charge in [0.25, 0.3) is 0 Å². The van der Waals surface area contributed by atoms with E-state index in [4.69, 9.17) is 0 Å². The summed E-state index contributed by atoms with van der Waals surface area (Å²) >= 11 is 1.51. The summed E-state index contributed by atoms with van der Waals surface area (Å²) < 4.78 is 4.67. The van der Waals surface area contributed by atoms with Crippen molar-refractivity contribution in [3.63, 3.8) is 0 Å². The summed E-state index contributed by atoms with van der Waals surface area (Å²) in [5.74, 6) is -0.406. The maximum Gasteiger partial charge on any atom is 0.337 e. The van der Waals surface area contributed by atoms with E-state index in [-0.39, 0.29) is 12.1 Å². The highest BCUT2D eigenvalue weighted by Crippen LogP contribution is 2.19. The molecule has 0 aliphatic heterocycles. The lowest BCUT2D eigenvalue weighted by atomic mass is 10.1. The first kappa shape index (κ1) is 17.0. The van der Waals surface area contributed by atoms with Crippen molar-refractivity contribution < 1.29 is 14.3 Å². The van der Waals surface area contributed by atoms with Gasteiger partial charge >= 0.3 is 12.0 Å². The van der Waals surface area contributed by atoms with E-state index in [1.165, 1.54) is 18.4 Å². The normalized spacial score (nSPS) is 11.7. The maximum absolute atomic E-state index is 12.1. The van der Waals surface area contributed by atoms with E-state index in [2.05, 4.69) is 20.4 Å². The number of hydrogen-bond acceptors (Lipinski definition) is 5. The Labute approximate surface area is 138 Å². The zero-order chi connectivity index (χ0) is 17.0. The number of urea groups is 1. The highest BCUT2D eigenvalue weighted by Gasteiger charge is 2.14. The largest absolute Gasteiger partial charge is 0.465 e. The lowest BCUT2D eigenvalue weighted by Crippen LogP contribution is -2.31. The number of aromatic nitrogens is 1. The molecule has 23 heavy (non-hydrogen) atoms. The molecule has 1 aromatic carbocycles. The number of anilines is 1. The van der Waals surface area contributed by atoms with Crippen molar-refractivity contribution in [3.05, 3.63) is 45.4 Å². The van der Waals surface area contributed by atoms with Gasteiger partial charge in [-0.25, -0.2) is 14.6 Å². The Morgan fingerprint density at radius 3 is 2.61 bits per heavy atom. The molecule has 7 heteroatoms. The Morgan fingerprint density at radius 1 is 1.30 bits per heavy atom. The zero-order valence-electron chi connectivity index (χ0n) is 13.5. The van der Waals surface area contributed by atoms with Gasteiger partial charge in [0.2, 0.25) is 0 Å². The van der Waals surface area contributed by atoms with E-state index in [1.54, 1.807) is 18.2 Å². The van der Waals surface area contributed by atoms with Crippen LogP contribution in [0.1, 0.15) is 39.6 Å². The minimum atomic E-state index is -0.406. The average Bonchev–Trinajstić information content (AvgIpc) is 2.95. The number of carbonyl (C=O) groups is 2. The Kier molecular flexibility index (Phi) is 5.33. The fraction of sp³-hybridized carbons (Fsp3) is 0.312. The van der Waals surface area contributed by atoms with Crippen LogP contribution in [0.4, 0.5) is 10.5 Å². The number of benzene rings is 1. The van der Waals surface area contributed by atoms with E-state index >= 15 is 0 Å². The molecule has 2 rings (SSSR count). The first-order valence-corrected chi connectivity index (χ1v) is 7.97. The molecular formula is C16H19N3O3S. The third-order valence-electron chi connectivity index (χ3n) is 3.25. The van der Waals surface area contributed by atoms with Gasteiger partial charge in [-0.15, -0.1) is 11.3 Å². The Balaban J connectivity index is 2.01. The minimum absolute atomic E-state index is 0.177. The molecule has 0 saturated heterocycles. The molecule has 0 aliphatic rings. The number of nitrogens with zero attached hydrogens (tertiary/aromatic N) is 1. The second kappa shape index (κ2) is 7.23. The van der Waals surface area contributed by atoms with Crippen LogP contribution in [0.5, 0.6) is 0 Å². The quantitative estimate of drug-likeness (QED) is 0.840. The molecule has 0 fully saturated rings. The fourth-order valence-electron chi connectivity index (χ4n) is 2.04. The topological polar surface area (TPSA) is 80.3 Å². The van der Waals surface area contributed by atoms with Gasteiger partial charge in [0.05, 0.1) is 18.7 Å². The van der Waals surface area contributed by atoms with Crippen molar-refractivity contribution in [2.45, 2.75) is 26.8 Å². The lowest BCUT2D eigenvalue weighted by molar-refractivity contribution is 0.0600. The van der Waals surface area contributed by atoms with Gasteiger partial charge in [-0.2, -0.15) is 0 Å². The number of ether oxygens (including phenoxy) is 1. The van der Waals surface area contributed by atoms with E-state index in [9.17, 15) is 9.59 Å². The van der Waals surface area contributed by atoms with Gasteiger partial charge in [0.1, 0.15) is 5.01 Å². The summed E-state index contributed by atoms with van der Waals surface area (Å²) in [5.41, 5.74) is 2.80. The fourth-order valence-corrected chi connectivity index (χ4v) is 2.84. The van der Waals surface area contributed by atoms with E-state index < -0.39 is 5.97 Å². The second-order valence-electron chi connectivity index (χ2n) is 5.17. The predicted molar refractivity (Wildman–Crippen MR) is 89.9 cm³/mol. The highest BCUT2D eigenvalue weighted by atomic mass is 32.1. The van der Waals surface area contributed by atoms with Crippen molar-refractivity contribution in [2.75, 3.05) is 12.4 Å². The van der Waals surface area contributed by atoms with E-state index in [0.29, 0.717) is 11.3 Å². The Hall–Kier alpha value is -2.41. The number of esters is 1. The summed E-state index contributed by atoms with van der Waals surface area (Å²) in [6, 6.07) is 4.47. The zero-order valence-corrected chi connectivity index (χ0v) is 14.3. The van der Waals surface area contributed by atoms with E-state index in [0.717, 1.165) is 16.3 Å². The lowest BCUT2D eigenvalue weighted by Gasteiger charge is -2.14. The first-order valence-electron chi connectivity index (χ1n) is 7.09. The van der Waals surface area contributed by atoms with Gasteiger partial charge < -0.3 is 15.4 Å². The van der Waals surface area contributed by atoms with Crippen LogP contribution >= 0.6 is 11.3 Å². The SMILES string of the molecule is COC(=O)c1ccc(NC(=O)NC(C)c2nc(C)cs2)c(C)c1. The smallest absolute Gasteiger partial charge is 0.337 e. The van der Waals surface area contributed by atoms with E-state index in [1.807, 2.05) is 26.2 Å². The number of nitrogens with one attached hydrogen (secondary N) is 2. The molecule has 2 aromatic rings. The number of aryl methyl sites for hydroxylation is 2. The molecule has 2 N–H and O–H groups in total. The Morgan fingerprint density at radius 2 is 2.04 bits per heavy atom. The number of carbonyl (C=O) groups excluding carboxylic acids is 2. The number of thiazole rings is 1. The molecule has 1 aromatic heterocycles. The number of methoxy groups -OCH3 is 1. The van der Waals surface area contributed by atoms with Crippen LogP contribution in [0.2, 0.25) is 0 Å². The van der Waals surface area contributed by atoms with Crippen LogP contribution in [-0.4, -0.2) is 24.1 Å². The monoisotopic (exact) mass is 333 g/mol. The van der Waals surface area contributed by atoms with Crippen molar-refractivity contribution in [2.24, 2.45) is 0 Å². The maximum atomic E-state index is 12.1. The third-order valence-corrected chi connectivity index (χ3v) is 4.40. The number of rotatable bonds is 4. The van der Waals surface area contributed by atoms with Crippen molar-refractivity contribution in [1.82, 2.24) is 10.3 Å². The van der Waals surface area contributed by atoms with Crippen molar-refractivity contribution in [3.8, 4) is 0 Å². The second-order valence-corrected chi connectivity index (χ2v) is 6.06. The molecule has 1 heterocycles. The van der Waals surface area contributed by atoms with Gasteiger partial charge in [-0.3, -0.25) is 0 Å². The first-order chi connectivity index (χ1) is 10.9. The predicted octanol–water partition coefficient (Wildman–Crippen LogP) is 3.43. The summed E-state index contributed by atoms with van der Waals surface area (Å²) in [5, 5.41) is 8.42. The van der Waals surface area contributed by atoms with Gasteiger partial charge in [0, 0.05) is 16.8 Å². The van der Waals surface area contributed by atoms with Gasteiger partial charge in [0.15, 0.2) is 0 Å². The molecule has 0 radical (unpaired) electrons. The molecule has 0 bridgehead atoms. The van der Waals surface area contributed by atoms with Gasteiger partial charge in [-0.05, 0) is 44.5 Å². The molecule has 1 atom stereocenters. The van der Waals surface area contributed by atoms with Crippen molar-refractivity contribution in [1.29, 1.82) is 0 Å². The van der Waals surface area contributed by atoms with Gasteiger partial charge in [-0.1, -0.05) is 0 Å². The number of hydrogen-bond donors (Lipinski definition) is 2. The summed E-state index contributed by atoms with van der Waals surface area (Å²) in [7, 11) is 1.33. The van der Waals surface area contributed by atoms with Crippen LogP contribution in [0, 0.1) is 13.8 Å². The summed E-state index contributed by atoms with van der Waals surface area (Å²) in [6.07, 6.45) is 0. The highest BCUT2D eigenvalue weighted by molar-refractivity contribution is 7.09. The summed E-state index contributed by atoms with van der Waals surface area (Å²) in [6.45, 7) is 5.61. The van der Waals surface area contributed by atoms with Crippen LogP contribution in [0.15, 0.2) is 23.6 Å². The molecule has 0 spiro atoms. The molecular weight excluding hydrogens is 314 g/mol. The molecule has 0 aliphatic carbocycles. The average molecular weight is 333 g/mol. The molecule has 0 saturated carbocycles. The molecule has 1 unspecified atom stereocenters. The summed E-state index contributed by atoms with van der Waals surface area (Å²) in [4.78, 5) is 27.9. The molecule has 122 valence electrons. The third kappa shape index (κ3) is 4.29. The molecule has 6 nitrogen and oxygen atoms in total. The number of amides is 2. The Bertz CT molecular complexity index is 727. The van der Waals surface area contributed by atoms with Crippen LogP contribution in [0.25, 0.3) is 0 Å².